The quantitative estimate of drug-likeness (QED) is 0.845. The highest BCUT2D eigenvalue weighted by Gasteiger charge is 2.13. The fraction of sp³-hybridized carbons (Fsp3) is 0.364. The van der Waals surface area contributed by atoms with E-state index in [0.29, 0.717) is 4.77 Å². The molecule has 1 atom stereocenters. The molecule has 0 aliphatic rings. The molecule has 0 saturated carbocycles. The first-order chi connectivity index (χ1) is 8.04. The first-order valence-corrected chi connectivity index (χ1v) is 7.30. The van der Waals surface area contributed by atoms with Crippen molar-refractivity contribution in [3.05, 3.63) is 27.7 Å². The van der Waals surface area contributed by atoms with Crippen LogP contribution in [0.5, 0.6) is 0 Å². The highest BCUT2D eigenvalue weighted by molar-refractivity contribution is 7.98. The van der Waals surface area contributed by atoms with Gasteiger partial charge < -0.3 is 9.55 Å². The molecule has 1 heterocycles. The summed E-state index contributed by atoms with van der Waals surface area (Å²) in [5, 5.41) is 0.110. The van der Waals surface area contributed by atoms with Crippen LogP contribution in [0.25, 0.3) is 11.0 Å². The van der Waals surface area contributed by atoms with Crippen LogP contribution in [0.3, 0.4) is 0 Å². The van der Waals surface area contributed by atoms with Crippen molar-refractivity contribution in [3.8, 4) is 0 Å². The third-order valence-electron chi connectivity index (χ3n) is 2.61. The molecule has 2 rings (SSSR count). The van der Waals surface area contributed by atoms with E-state index in [-0.39, 0.29) is 11.1 Å². The molecule has 6 heteroatoms. The number of hydrogen-bond donors (Lipinski definition) is 1. The van der Waals surface area contributed by atoms with Gasteiger partial charge in [0.05, 0.1) is 16.1 Å². The molecule has 1 aromatic heterocycles. The summed E-state index contributed by atoms with van der Waals surface area (Å²) < 4.78 is 16.0. The number of aromatic amines is 1. The zero-order valence-corrected chi connectivity index (χ0v) is 11.8. The summed E-state index contributed by atoms with van der Waals surface area (Å²) in [6, 6.07) is 3.22. The monoisotopic (exact) mass is 290 g/mol. The van der Waals surface area contributed by atoms with Crippen molar-refractivity contribution >= 4 is 46.6 Å². The average Bonchev–Trinajstić information content (AvgIpc) is 2.55. The van der Waals surface area contributed by atoms with Crippen molar-refractivity contribution in [2.45, 2.75) is 13.0 Å². The minimum atomic E-state index is -0.418. The van der Waals surface area contributed by atoms with Crippen molar-refractivity contribution < 1.29 is 4.39 Å². The maximum atomic E-state index is 13.5. The van der Waals surface area contributed by atoms with Gasteiger partial charge in [0, 0.05) is 17.9 Å². The molecule has 0 aliphatic heterocycles. The van der Waals surface area contributed by atoms with Crippen molar-refractivity contribution in [3.63, 3.8) is 0 Å². The molecule has 0 fully saturated rings. The number of fused-ring (bicyclic) bond motifs is 1. The lowest BCUT2D eigenvalue weighted by Crippen LogP contribution is -2.07. The molecular weight excluding hydrogens is 279 g/mol. The van der Waals surface area contributed by atoms with E-state index in [0.717, 1.165) is 16.8 Å². The topological polar surface area (TPSA) is 20.7 Å². The number of aromatic nitrogens is 2. The van der Waals surface area contributed by atoms with E-state index in [1.54, 1.807) is 17.8 Å². The zero-order chi connectivity index (χ0) is 12.6. The summed E-state index contributed by atoms with van der Waals surface area (Å²) >= 11 is 12.7. The van der Waals surface area contributed by atoms with Gasteiger partial charge in [-0.05, 0) is 31.5 Å². The maximum Gasteiger partial charge on any atom is 0.178 e. The van der Waals surface area contributed by atoms with Crippen LogP contribution in [-0.4, -0.2) is 21.6 Å². The highest BCUT2D eigenvalue weighted by Crippen LogP contribution is 2.26. The fourth-order valence-corrected chi connectivity index (χ4v) is 3.06. The number of nitrogens with zero attached hydrogens (tertiary/aromatic N) is 1. The molecule has 2 aromatic rings. The Morgan fingerprint density at radius 1 is 1.59 bits per heavy atom. The van der Waals surface area contributed by atoms with Gasteiger partial charge in [0.1, 0.15) is 5.82 Å². The van der Waals surface area contributed by atoms with Crippen molar-refractivity contribution in [1.29, 1.82) is 0 Å². The van der Waals surface area contributed by atoms with E-state index in [1.807, 2.05) is 10.8 Å². The SMILES string of the molecule is CSCC(C)n1c(=S)[nH]c2cc(Cl)c(F)cc21. The number of thioether (sulfide) groups is 1. The Kier molecular flexibility index (Phi) is 3.80. The van der Waals surface area contributed by atoms with E-state index < -0.39 is 5.82 Å². The van der Waals surface area contributed by atoms with Crippen molar-refractivity contribution in [2.24, 2.45) is 0 Å². The molecule has 2 nitrogen and oxygen atoms in total. The van der Waals surface area contributed by atoms with Crippen molar-refractivity contribution in [1.82, 2.24) is 9.55 Å². The predicted octanol–water partition coefficient (Wildman–Crippen LogP) is 4.42. The lowest BCUT2D eigenvalue weighted by Gasteiger charge is -2.13. The van der Waals surface area contributed by atoms with E-state index in [4.69, 9.17) is 23.8 Å². The first-order valence-electron chi connectivity index (χ1n) is 5.12. The summed E-state index contributed by atoms with van der Waals surface area (Å²) in [6.07, 6.45) is 2.03. The van der Waals surface area contributed by atoms with Crippen LogP contribution >= 0.6 is 35.6 Å². The molecule has 0 spiro atoms. The summed E-state index contributed by atoms with van der Waals surface area (Å²) in [4.78, 5) is 3.05. The van der Waals surface area contributed by atoms with Crippen molar-refractivity contribution in [2.75, 3.05) is 12.0 Å². The molecule has 1 N–H and O–H groups in total. The van der Waals surface area contributed by atoms with Gasteiger partial charge in [-0.15, -0.1) is 0 Å². The number of halogens is 2. The summed E-state index contributed by atoms with van der Waals surface area (Å²) in [6.45, 7) is 2.06. The van der Waals surface area contributed by atoms with E-state index in [2.05, 4.69) is 11.9 Å². The molecule has 0 bridgehead atoms. The molecule has 0 aliphatic carbocycles. The Morgan fingerprint density at radius 3 is 2.94 bits per heavy atom. The van der Waals surface area contributed by atoms with E-state index >= 15 is 0 Å². The zero-order valence-electron chi connectivity index (χ0n) is 9.46. The average molecular weight is 291 g/mol. The second-order valence-electron chi connectivity index (χ2n) is 3.89. The summed E-state index contributed by atoms with van der Waals surface area (Å²) in [5.74, 6) is 0.504. The van der Waals surface area contributed by atoms with Gasteiger partial charge in [-0.2, -0.15) is 11.8 Å². The fourth-order valence-electron chi connectivity index (χ4n) is 1.87. The summed E-state index contributed by atoms with van der Waals surface area (Å²) in [5.41, 5.74) is 1.54. The Labute approximate surface area is 113 Å². The van der Waals surface area contributed by atoms with Gasteiger partial charge in [-0.3, -0.25) is 0 Å². The Hall–Kier alpha value is -0.520. The second kappa shape index (κ2) is 5.00. The molecule has 1 unspecified atom stereocenters. The third-order valence-corrected chi connectivity index (χ3v) is 4.01. The van der Waals surface area contributed by atoms with Gasteiger partial charge in [-0.25, -0.2) is 4.39 Å². The van der Waals surface area contributed by atoms with Crippen LogP contribution in [0.15, 0.2) is 12.1 Å². The number of H-pyrrole nitrogens is 1. The first kappa shape index (κ1) is 12.9. The minimum Gasteiger partial charge on any atom is -0.331 e. The molecule has 0 saturated heterocycles. The molecule has 0 radical (unpaired) electrons. The number of rotatable bonds is 3. The van der Waals surface area contributed by atoms with Crippen LogP contribution in [0.1, 0.15) is 13.0 Å². The van der Waals surface area contributed by atoms with Crippen LogP contribution in [0.4, 0.5) is 4.39 Å². The van der Waals surface area contributed by atoms with E-state index in [9.17, 15) is 4.39 Å². The van der Waals surface area contributed by atoms with Gasteiger partial charge in [-0.1, -0.05) is 11.6 Å². The standard InChI is InChI=1S/C11H12ClFN2S2/c1-6(5-17-2)15-10-4-8(13)7(12)3-9(10)14-11(15)16/h3-4,6H,5H2,1-2H3,(H,14,16). The Morgan fingerprint density at radius 2 is 2.29 bits per heavy atom. The van der Waals surface area contributed by atoms with E-state index in [1.165, 1.54) is 6.07 Å². The Bertz CT molecular complexity index is 605. The molecule has 1 aromatic carbocycles. The van der Waals surface area contributed by atoms with Gasteiger partial charge in [0.2, 0.25) is 0 Å². The van der Waals surface area contributed by atoms with Crippen LogP contribution in [0, 0.1) is 10.6 Å². The molecule has 92 valence electrons. The highest BCUT2D eigenvalue weighted by atomic mass is 35.5. The number of hydrogen-bond acceptors (Lipinski definition) is 2. The molecule has 17 heavy (non-hydrogen) atoms. The third kappa shape index (κ3) is 2.37. The summed E-state index contributed by atoms with van der Waals surface area (Å²) in [7, 11) is 0. The number of imidazole rings is 1. The normalized spacial score (nSPS) is 13.2. The van der Waals surface area contributed by atoms with Crippen LogP contribution in [-0.2, 0) is 0 Å². The second-order valence-corrected chi connectivity index (χ2v) is 5.59. The number of benzene rings is 1. The lowest BCUT2D eigenvalue weighted by atomic mass is 10.3. The number of nitrogens with one attached hydrogen (secondary N) is 1. The van der Waals surface area contributed by atoms with Gasteiger partial charge in [0.25, 0.3) is 0 Å². The lowest BCUT2D eigenvalue weighted by molar-refractivity contribution is 0.610. The molecular formula is C11H12ClFN2S2. The largest absolute Gasteiger partial charge is 0.331 e. The maximum absolute atomic E-state index is 13.5. The van der Waals surface area contributed by atoms with Gasteiger partial charge >= 0.3 is 0 Å². The van der Waals surface area contributed by atoms with Crippen LogP contribution in [0.2, 0.25) is 5.02 Å². The smallest absolute Gasteiger partial charge is 0.178 e. The van der Waals surface area contributed by atoms with Crippen LogP contribution < -0.4 is 0 Å². The van der Waals surface area contributed by atoms with Gasteiger partial charge in [0.15, 0.2) is 4.77 Å². The minimum absolute atomic E-state index is 0.110. The Balaban J connectivity index is 2.66. The molecule has 0 amide bonds. The predicted molar refractivity (Wildman–Crippen MR) is 75.2 cm³/mol.